The molecule has 0 saturated carbocycles. The van der Waals surface area contributed by atoms with E-state index in [9.17, 15) is 0 Å². The van der Waals surface area contributed by atoms with E-state index in [4.69, 9.17) is 20.2 Å². The highest BCUT2D eigenvalue weighted by atomic mass is 16.7. The fraction of sp³-hybridized carbons (Fsp3) is 0.533. The molecule has 1 fully saturated rings. The molecule has 2 aliphatic heterocycles. The molecule has 6 nitrogen and oxygen atoms in total. The van der Waals surface area contributed by atoms with Gasteiger partial charge in [-0.2, -0.15) is 0 Å². The number of ether oxygens (including phenoxy) is 2. The number of likely N-dealkylation sites (tertiary alicyclic amines) is 1. The van der Waals surface area contributed by atoms with Crippen molar-refractivity contribution in [2.24, 2.45) is 5.73 Å². The van der Waals surface area contributed by atoms with Gasteiger partial charge in [-0.1, -0.05) is 0 Å². The molecular weight excluding hydrogens is 268 g/mol. The Hall–Kier alpha value is -1.79. The summed E-state index contributed by atoms with van der Waals surface area (Å²) in [5.74, 6) is 2.67. The zero-order chi connectivity index (χ0) is 14.2. The third kappa shape index (κ3) is 2.24. The van der Waals surface area contributed by atoms with E-state index >= 15 is 0 Å². The van der Waals surface area contributed by atoms with Crippen LogP contribution in [0.1, 0.15) is 18.7 Å². The lowest BCUT2D eigenvalue weighted by Crippen LogP contribution is -2.22. The van der Waals surface area contributed by atoms with Crippen molar-refractivity contribution >= 4 is 11.0 Å². The Labute approximate surface area is 123 Å². The Morgan fingerprint density at radius 1 is 1.14 bits per heavy atom. The second-order valence-corrected chi connectivity index (χ2v) is 5.65. The number of rotatable bonds is 4. The molecule has 1 saturated heterocycles. The molecule has 112 valence electrons. The van der Waals surface area contributed by atoms with Crippen LogP contribution in [0.5, 0.6) is 11.5 Å². The Balaban J connectivity index is 1.76. The highest BCUT2D eigenvalue weighted by Gasteiger charge is 2.21. The molecule has 0 atom stereocenters. The Morgan fingerprint density at radius 2 is 1.90 bits per heavy atom. The minimum atomic E-state index is 0.291. The molecule has 0 amide bonds. The van der Waals surface area contributed by atoms with Gasteiger partial charge in [0.1, 0.15) is 5.82 Å². The molecule has 0 spiro atoms. The summed E-state index contributed by atoms with van der Waals surface area (Å²) in [5, 5.41) is 0. The highest BCUT2D eigenvalue weighted by Crippen LogP contribution is 2.36. The third-order valence-electron chi connectivity index (χ3n) is 4.24. The summed E-state index contributed by atoms with van der Waals surface area (Å²) >= 11 is 0. The first-order valence-corrected chi connectivity index (χ1v) is 7.56. The first-order valence-electron chi connectivity index (χ1n) is 7.56. The highest BCUT2D eigenvalue weighted by molar-refractivity contribution is 5.81. The minimum Gasteiger partial charge on any atom is -0.454 e. The summed E-state index contributed by atoms with van der Waals surface area (Å²) in [6.45, 7) is 4.88. The summed E-state index contributed by atoms with van der Waals surface area (Å²) in [4.78, 5) is 7.26. The van der Waals surface area contributed by atoms with E-state index in [0.717, 1.165) is 54.5 Å². The van der Waals surface area contributed by atoms with Crippen molar-refractivity contribution in [3.8, 4) is 11.5 Å². The van der Waals surface area contributed by atoms with E-state index in [1.165, 1.54) is 12.8 Å². The largest absolute Gasteiger partial charge is 0.454 e. The lowest BCUT2D eigenvalue weighted by molar-refractivity contribution is 0.174. The smallest absolute Gasteiger partial charge is 0.231 e. The third-order valence-corrected chi connectivity index (χ3v) is 4.24. The van der Waals surface area contributed by atoms with E-state index in [2.05, 4.69) is 9.47 Å². The fourth-order valence-electron chi connectivity index (χ4n) is 3.20. The zero-order valence-corrected chi connectivity index (χ0v) is 12.0. The van der Waals surface area contributed by atoms with Crippen molar-refractivity contribution < 1.29 is 9.47 Å². The van der Waals surface area contributed by atoms with Crippen LogP contribution in [0, 0.1) is 0 Å². The van der Waals surface area contributed by atoms with E-state index in [0.29, 0.717) is 13.3 Å². The number of aromatic nitrogens is 2. The molecule has 4 rings (SSSR count). The van der Waals surface area contributed by atoms with Gasteiger partial charge in [0.05, 0.1) is 17.6 Å². The number of hydrogen-bond donors (Lipinski definition) is 1. The van der Waals surface area contributed by atoms with Gasteiger partial charge in [0.2, 0.25) is 6.79 Å². The average molecular weight is 288 g/mol. The van der Waals surface area contributed by atoms with Gasteiger partial charge in [-0.25, -0.2) is 4.98 Å². The van der Waals surface area contributed by atoms with E-state index in [1.54, 1.807) is 0 Å². The predicted molar refractivity (Wildman–Crippen MR) is 79.4 cm³/mol. The average Bonchev–Trinajstić information content (AvgIpc) is 3.19. The van der Waals surface area contributed by atoms with Crippen LogP contribution in [0.25, 0.3) is 11.0 Å². The number of nitrogens with two attached hydrogens (primary N) is 1. The summed E-state index contributed by atoms with van der Waals surface area (Å²) in [6.07, 6.45) is 2.57. The lowest BCUT2D eigenvalue weighted by Gasteiger charge is -2.15. The first kappa shape index (κ1) is 12.9. The molecule has 1 aromatic heterocycles. The van der Waals surface area contributed by atoms with Gasteiger partial charge in [-0.3, -0.25) is 4.90 Å². The van der Waals surface area contributed by atoms with E-state index < -0.39 is 0 Å². The van der Waals surface area contributed by atoms with Crippen molar-refractivity contribution in [3.63, 3.8) is 0 Å². The molecule has 0 bridgehead atoms. The molecule has 0 aliphatic carbocycles. The minimum absolute atomic E-state index is 0.291. The van der Waals surface area contributed by atoms with E-state index in [-0.39, 0.29) is 0 Å². The lowest BCUT2D eigenvalue weighted by atomic mass is 10.2. The summed E-state index contributed by atoms with van der Waals surface area (Å²) < 4.78 is 13.1. The van der Waals surface area contributed by atoms with Gasteiger partial charge < -0.3 is 19.8 Å². The van der Waals surface area contributed by atoms with Crippen LogP contribution in [0.15, 0.2) is 12.1 Å². The zero-order valence-electron chi connectivity index (χ0n) is 12.0. The summed E-state index contributed by atoms with van der Waals surface area (Å²) in [7, 11) is 0. The van der Waals surface area contributed by atoms with Crippen molar-refractivity contribution in [2.45, 2.75) is 25.9 Å². The number of imidazole rings is 1. The number of benzene rings is 1. The Bertz CT molecular complexity index is 661. The van der Waals surface area contributed by atoms with Crippen LogP contribution in [-0.4, -0.2) is 40.9 Å². The van der Waals surface area contributed by atoms with Gasteiger partial charge >= 0.3 is 0 Å². The predicted octanol–water partition coefficient (Wildman–Crippen LogP) is 1.32. The number of fused-ring (bicyclic) bond motifs is 2. The molecule has 1 aromatic carbocycles. The number of nitrogens with zero attached hydrogens (tertiary/aromatic N) is 3. The van der Waals surface area contributed by atoms with Crippen molar-refractivity contribution in [1.82, 2.24) is 14.5 Å². The van der Waals surface area contributed by atoms with Crippen LogP contribution in [-0.2, 0) is 13.1 Å². The molecule has 6 heteroatoms. The van der Waals surface area contributed by atoms with Gasteiger partial charge in [0, 0.05) is 25.2 Å². The van der Waals surface area contributed by atoms with Gasteiger partial charge in [-0.05, 0) is 25.9 Å². The fourth-order valence-corrected chi connectivity index (χ4v) is 3.20. The first-order chi connectivity index (χ1) is 10.3. The van der Waals surface area contributed by atoms with Crippen LogP contribution in [0.3, 0.4) is 0 Å². The van der Waals surface area contributed by atoms with Crippen LogP contribution in [0.4, 0.5) is 0 Å². The SMILES string of the molecule is NCCn1c(CN2CCCC2)nc2cc3c(cc21)OCO3. The quantitative estimate of drug-likeness (QED) is 0.919. The van der Waals surface area contributed by atoms with Gasteiger partial charge in [0.15, 0.2) is 11.5 Å². The standard InChI is InChI=1S/C15H20N4O2/c16-3-6-19-12-8-14-13(20-10-21-14)7-11(12)17-15(19)9-18-4-1-2-5-18/h7-8H,1-6,9-10,16H2. The normalized spacial score (nSPS) is 18.0. The Morgan fingerprint density at radius 3 is 2.67 bits per heavy atom. The van der Waals surface area contributed by atoms with Crippen LogP contribution in [0.2, 0.25) is 0 Å². The summed E-state index contributed by atoms with van der Waals surface area (Å²) in [5.41, 5.74) is 7.82. The van der Waals surface area contributed by atoms with Crippen LogP contribution < -0.4 is 15.2 Å². The molecule has 0 unspecified atom stereocenters. The van der Waals surface area contributed by atoms with E-state index in [1.807, 2.05) is 12.1 Å². The number of hydrogen-bond acceptors (Lipinski definition) is 5. The van der Waals surface area contributed by atoms with Crippen molar-refractivity contribution in [3.05, 3.63) is 18.0 Å². The maximum absolute atomic E-state index is 5.78. The van der Waals surface area contributed by atoms with Crippen molar-refractivity contribution in [2.75, 3.05) is 26.4 Å². The van der Waals surface area contributed by atoms with Crippen LogP contribution >= 0.6 is 0 Å². The molecule has 21 heavy (non-hydrogen) atoms. The topological polar surface area (TPSA) is 65.5 Å². The monoisotopic (exact) mass is 288 g/mol. The summed E-state index contributed by atoms with van der Waals surface area (Å²) in [6, 6.07) is 3.99. The van der Waals surface area contributed by atoms with Gasteiger partial charge in [-0.15, -0.1) is 0 Å². The molecular formula is C15H20N4O2. The molecule has 2 aliphatic rings. The second-order valence-electron chi connectivity index (χ2n) is 5.65. The maximum Gasteiger partial charge on any atom is 0.231 e. The Kier molecular flexibility index (Phi) is 3.20. The second kappa shape index (κ2) is 5.20. The molecule has 2 N–H and O–H groups in total. The molecule has 2 aromatic rings. The maximum atomic E-state index is 5.78. The van der Waals surface area contributed by atoms with Gasteiger partial charge in [0.25, 0.3) is 0 Å². The van der Waals surface area contributed by atoms with Crippen molar-refractivity contribution in [1.29, 1.82) is 0 Å². The molecule has 0 radical (unpaired) electrons. The molecule has 3 heterocycles.